The first-order chi connectivity index (χ1) is 17.1. The van der Waals surface area contributed by atoms with Crippen LogP contribution in [0.15, 0.2) is 47.0 Å². The van der Waals surface area contributed by atoms with Gasteiger partial charge in [0.1, 0.15) is 0 Å². The Balaban J connectivity index is 1.57. The van der Waals surface area contributed by atoms with Crippen LogP contribution in [-0.2, 0) is 17.8 Å². The van der Waals surface area contributed by atoms with Gasteiger partial charge in [-0.05, 0) is 67.2 Å². The van der Waals surface area contributed by atoms with E-state index >= 15 is 0 Å². The second-order valence-corrected chi connectivity index (χ2v) is 8.28. The monoisotopic (exact) mass is 471 g/mol. The fourth-order valence-corrected chi connectivity index (χ4v) is 4.45. The minimum absolute atomic E-state index is 0.0839. The van der Waals surface area contributed by atoms with E-state index in [2.05, 4.69) is 16.2 Å². The molecule has 0 amide bonds. The summed E-state index contributed by atoms with van der Waals surface area (Å²) in [4.78, 5) is 22.4. The summed E-state index contributed by atoms with van der Waals surface area (Å²) in [7, 11) is 3.23. The predicted molar refractivity (Wildman–Crippen MR) is 130 cm³/mol. The molecule has 2 aromatic heterocycles. The number of rotatable bonds is 6. The molecule has 0 fully saturated rings. The van der Waals surface area contributed by atoms with E-state index in [0.717, 1.165) is 52.6 Å². The van der Waals surface area contributed by atoms with Crippen LogP contribution in [0.1, 0.15) is 51.7 Å². The first-order valence-electron chi connectivity index (χ1n) is 11.4. The van der Waals surface area contributed by atoms with Crippen molar-refractivity contribution in [2.45, 2.75) is 32.8 Å². The highest BCUT2D eigenvalue weighted by molar-refractivity contribution is 6.06. The Bertz CT molecular complexity index is 1440. The molecular weight excluding hydrogens is 446 g/mol. The molecule has 2 aromatic carbocycles. The smallest absolute Gasteiger partial charge is 0.339 e. The Labute approximate surface area is 202 Å². The van der Waals surface area contributed by atoms with Crippen LogP contribution < -0.4 is 9.47 Å². The number of nitrogens with zero attached hydrogens (tertiary/aromatic N) is 3. The van der Waals surface area contributed by atoms with Crippen molar-refractivity contribution in [2.24, 2.45) is 0 Å². The number of methoxy groups -OCH3 is 2. The third kappa shape index (κ3) is 4.47. The number of carbonyl (C=O) groups is 1. The Morgan fingerprint density at radius 2 is 1.89 bits per heavy atom. The van der Waals surface area contributed by atoms with Crippen molar-refractivity contribution >= 4 is 28.5 Å². The summed E-state index contributed by atoms with van der Waals surface area (Å²) in [5, 5.41) is 4.52. The molecule has 0 atom stereocenters. The van der Waals surface area contributed by atoms with E-state index in [1.807, 2.05) is 42.5 Å². The van der Waals surface area contributed by atoms with Gasteiger partial charge in [-0.25, -0.2) is 9.78 Å². The second-order valence-electron chi connectivity index (χ2n) is 8.28. The molecule has 1 aliphatic rings. The van der Waals surface area contributed by atoms with Crippen molar-refractivity contribution in [3.05, 3.63) is 76.6 Å². The average molecular weight is 472 g/mol. The van der Waals surface area contributed by atoms with Crippen molar-refractivity contribution in [1.82, 2.24) is 15.1 Å². The number of hydrogen-bond donors (Lipinski definition) is 0. The molecule has 4 aromatic rings. The van der Waals surface area contributed by atoms with E-state index in [9.17, 15) is 4.79 Å². The molecule has 0 saturated heterocycles. The zero-order valence-electron chi connectivity index (χ0n) is 19.8. The van der Waals surface area contributed by atoms with Gasteiger partial charge in [0, 0.05) is 5.39 Å². The molecule has 0 radical (unpaired) electrons. The number of pyridine rings is 1. The van der Waals surface area contributed by atoms with Crippen molar-refractivity contribution < 1.29 is 23.5 Å². The highest BCUT2D eigenvalue weighted by atomic mass is 16.6. The number of aromatic nitrogens is 3. The topological polar surface area (TPSA) is 96.6 Å². The standard InChI is InChI=1S/C27H25N3O5/c1-16-28-24(35-30-16)15-34-27(31)25-19-8-4-5-10-21(19)29-26-18(7-6-9-20(25)26)13-17-11-12-22(32-2)23(14-17)33-3/h4-5,8,10-14H,6-7,9,15H2,1-3H3/b18-13+. The summed E-state index contributed by atoms with van der Waals surface area (Å²) in [6.07, 6.45) is 4.58. The maximum atomic E-state index is 13.3. The van der Waals surface area contributed by atoms with Crippen LogP contribution in [0, 0.1) is 6.92 Å². The van der Waals surface area contributed by atoms with E-state index in [1.165, 1.54) is 0 Å². The molecule has 35 heavy (non-hydrogen) atoms. The Hall–Kier alpha value is -4.20. The van der Waals surface area contributed by atoms with Crippen LogP contribution in [-0.4, -0.2) is 35.3 Å². The van der Waals surface area contributed by atoms with E-state index in [0.29, 0.717) is 22.9 Å². The molecule has 0 spiro atoms. The van der Waals surface area contributed by atoms with Gasteiger partial charge in [-0.15, -0.1) is 0 Å². The number of esters is 1. The van der Waals surface area contributed by atoms with Crippen LogP contribution in [0.25, 0.3) is 22.6 Å². The van der Waals surface area contributed by atoms with Gasteiger partial charge in [-0.1, -0.05) is 29.4 Å². The molecule has 2 heterocycles. The van der Waals surface area contributed by atoms with Crippen LogP contribution in [0.3, 0.4) is 0 Å². The molecule has 0 unspecified atom stereocenters. The molecule has 1 aliphatic carbocycles. The number of aryl methyl sites for hydroxylation is 1. The van der Waals surface area contributed by atoms with E-state index in [1.54, 1.807) is 21.1 Å². The number of allylic oxidation sites excluding steroid dienone is 1. The minimum atomic E-state index is -0.428. The van der Waals surface area contributed by atoms with Crippen LogP contribution in [0.5, 0.6) is 11.5 Å². The first kappa shape index (κ1) is 22.6. The molecule has 0 bridgehead atoms. The largest absolute Gasteiger partial charge is 0.493 e. The highest BCUT2D eigenvalue weighted by Gasteiger charge is 2.26. The van der Waals surface area contributed by atoms with Crippen LogP contribution in [0.4, 0.5) is 0 Å². The number of ether oxygens (including phenoxy) is 3. The zero-order valence-corrected chi connectivity index (χ0v) is 19.8. The zero-order chi connectivity index (χ0) is 24.4. The van der Waals surface area contributed by atoms with Gasteiger partial charge in [0.2, 0.25) is 0 Å². The van der Waals surface area contributed by atoms with E-state index in [4.69, 9.17) is 23.7 Å². The second kappa shape index (κ2) is 9.58. The Kier molecular flexibility index (Phi) is 6.18. The lowest BCUT2D eigenvalue weighted by molar-refractivity contribution is 0.0430. The van der Waals surface area contributed by atoms with E-state index < -0.39 is 5.97 Å². The van der Waals surface area contributed by atoms with Gasteiger partial charge in [0.15, 0.2) is 23.9 Å². The normalized spacial score (nSPS) is 14.1. The Morgan fingerprint density at radius 3 is 2.66 bits per heavy atom. The summed E-state index contributed by atoms with van der Waals surface area (Å²) in [5.41, 5.74) is 5.03. The molecule has 5 rings (SSSR count). The molecular formula is C27H25N3O5. The molecule has 0 saturated carbocycles. The fourth-order valence-electron chi connectivity index (χ4n) is 4.45. The fraction of sp³-hybridized carbons (Fsp3) is 0.259. The molecule has 8 nitrogen and oxygen atoms in total. The Morgan fingerprint density at radius 1 is 1.06 bits per heavy atom. The van der Waals surface area contributed by atoms with Crippen LogP contribution in [0.2, 0.25) is 0 Å². The number of carbonyl (C=O) groups excluding carboxylic acids is 1. The number of para-hydroxylation sites is 1. The highest BCUT2D eigenvalue weighted by Crippen LogP contribution is 2.37. The van der Waals surface area contributed by atoms with Gasteiger partial charge < -0.3 is 18.7 Å². The lowest BCUT2D eigenvalue weighted by Crippen LogP contribution is -2.15. The summed E-state index contributed by atoms with van der Waals surface area (Å²) in [5.74, 6) is 1.65. The van der Waals surface area contributed by atoms with Crippen molar-refractivity contribution in [1.29, 1.82) is 0 Å². The van der Waals surface area contributed by atoms with Crippen molar-refractivity contribution in [3.63, 3.8) is 0 Å². The summed E-state index contributed by atoms with van der Waals surface area (Å²) in [6, 6.07) is 13.4. The summed E-state index contributed by atoms with van der Waals surface area (Å²) in [6.45, 7) is 1.63. The van der Waals surface area contributed by atoms with Crippen molar-refractivity contribution in [2.75, 3.05) is 14.2 Å². The summed E-state index contributed by atoms with van der Waals surface area (Å²) < 4.78 is 21.5. The van der Waals surface area contributed by atoms with Gasteiger partial charge in [0.05, 0.1) is 31.0 Å². The quantitative estimate of drug-likeness (QED) is 0.355. The number of fused-ring (bicyclic) bond motifs is 2. The lowest BCUT2D eigenvalue weighted by Gasteiger charge is -2.22. The predicted octanol–water partition coefficient (Wildman–Crippen LogP) is 5.18. The SMILES string of the molecule is COc1ccc(/C=C2\CCCc3c2nc2ccccc2c3C(=O)OCc2nc(C)no2)cc1OC. The maximum absolute atomic E-state index is 13.3. The van der Waals surface area contributed by atoms with Gasteiger partial charge >= 0.3 is 5.97 Å². The maximum Gasteiger partial charge on any atom is 0.339 e. The van der Waals surface area contributed by atoms with Gasteiger partial charge in [0.25, 0.3) is 5.89 Å². The van der Waals surface area contributed by atoms with E-state index in [-0.39, 0.29) is 12.5 Å². The van der Waals surface area contributed by atoms with Gasteiger partial charge in [-0.2, -0.15) is 4.98 Å². The summed E-state index contributed by atoms with van der Waals surface area (Å²) >= 11 is 0. The third-order valence-corrected chi connectivity index (χ3v) is 6.02. The minimum Gasteiger partial charge on any atom is -0.493 e. The molecule has 0 aliphatic heterocycles. The van der Waals surface area contributed by atoms with Crippen molar-refractivity contribution in [3.8, 4) is 11.5 Å². The lowest BCUT2D eigenvalue weighted by atomic mass is 9.86. The molecule has 8 heteroatoms. The average Bonchev–Trinajstić information content (AvgIpc) is 3.31. The van der Waals surface area contributed by atoms with Crippen LogP contribution >= 0.6 is 0 Å². The number of hydrogen-bond acceptors (Lipinski definition) is 8. The third-order valence-electron chi connectivity index (χ3n) is 6.02. The number of benzene rings is 2. The first-order valence-corrected chi connectivity index (χ1v) is 11.4. The van der Waals surface area contributed by atoms with Gasteiger partial charge in [-0.3, -0.25) is 0 Å². The molecule has 0 N–H and O–H groups in total. The molecule has 178 valence electrons.